The topological polar surface area (TPSA) is 479 Å². The zero-order chi connectivity index (χ0) is 51.9. The van der Waals surface area contributed by atoms with Gasteiger partial charge in [0.25, 0.3) is 0 Å². The molecule has 0 radical (unpaired) electrons. The highest BCUT2D eigenvalue weighted by atomic mass is 16.3. The van der Waals surface area contributed by atoms with Crippen LogP contribution in [0.25, 0.3) is 0 Å². The number of unbranched alkanes of at least 4 members (excludes halogenated alkanes) is 1. The quantitative estimate of drug-likeness (QED) is 0.0266. The molecule has 0 aliphatic carbocycles. The lowest BCUT2D eigenvalue weighted by atomic mass is 10.0. The van der Waals surface area contributed by atoms with Crippen LogP contribution in [0.4, 0.5) is 0 Å². The van der Waals surface area contributed by atoms with Crippen LogP contribution in [0, 0.1) is 11.8 Å². The van der Waals surface area contributed by atoms with Gasteiger partial charge in [0.2, 0.25) is 65.0 Å². The van der Waals surface area contributed by atoms with Gasteiger partial charge >= 0.3 is 0 Å². The average Bonchev–Trinajstić information content (AvgIpc) is 3.32. The number of Topliss-reactive ketones (excluding diaryl/α,β-unsaturated/α-hetero) is 1. The van der Waals surface area contributed by atoms with E-state index in [9.17, 15) is 88.2 Å². The predicted molar refractivity (Wildman–Crippen MR) is 229 cm³/mol. The molecule has 0 bridgehead atoms. The van der Waals surface area contributed by atoms with Crippen LogP contribution in [0.2, 0.25) is 0 Å². The van der Waals surface area contributed by atoms with Gasteiger partial charge in [-0.2, -0.15) is 0 Å². The zero-order valence-electron chi connectivity index (χ0n) is 37.8. The molecule has 0 saturated carbocycles. The van der Waals surface area contributed by atoms with E-state index in [0.717, 1.165) is 0 Å². The van der Waals surface area contributed by atoms with Crippen LogP contribution < -0.4 is 58.5 Å². The number of nitrogens with one attached hydrogen (secondary N) is 11. The number of aliphatic hydroxyl groups is 7. The fourth-order valence-electron chi connectivity index (χ4n) is 5.08. The molecule has 30 heteroatoms. The highest BCUT2D eigenvalue weighted by Gasteiger charge is 2.30. The van der Waals surface area contributed by atoms with Gasteiger partial charge in [0.05, 0.1) is 78.3 Å². The molecule has 11 amide bonds. The van der Waals surface area contributed by atoms with E-state index in [1.165, 1.54) is 13.8 Å². The molecule has 0 aliphatic rings. The van der Waals surface area contributed by atoms with Gasteiger partial charge in [0, 0.05) is 12.5 Å². The van der Waals surface area contributed by atoms with Gasteiger partial charge in [0.15, 0.2) is 0 Å². The molecule has 0 rings (SSSR count). The predicted octanol–water partition coefficient (Wildman–Crippen LogP) is -11.5. The van der Waals surface area contributed by atoms with Crippen LogP contribution >= 0.6 is 0 Å². The SMILES string of the molecule is CC(=O)[C@@H](C)CCCCNC(=O)CNC(=O)[C@H](CO)NC(=O)[C@H](CO)NC(=O)CNC(=O)[C@H](CO)NC(=O)[C@H](CO)NC(=O)CNC(=O)[C@H](CO)NC(=O)[C@H](CO)NC(=O)CNC(=O)[C@@H](C)CO. The third-order valence-electron chi connectivity index (χ3n) is 9.44. The number of rotatable bonds is 34. The van der Waals surface area contributed by atoms with E-state index in [2.05, 4.69) is 26.6 Å². The van der Waals surface area contributed by atoms with Crippen LogP contribution in [-0.2, 0) is 57.5 Å². The molecule has 30 nitrogen and oxygen atoms in total. The Morgan fingerprint density at radius 3 is 0.926 bits per heavy atom. The minimum atomic E-state index is -1.81. The Kier molecular flexibility index (Phi) is 30.7. The molecule has 8 atom stereocenters. The zero-order valence-corrected chi connectivity index (χ0v) is 37.8. The van der Waals surface area contributed by atoms with Gasteiger partial charge in [-0.3, -0.25) is 57.5 Å². The van der Waals surface area contributed by atoms with Crippen LogP contribution in [0.5, 0.6) is 0 Å². The third kappa shape index (κ3) is 24.4. The van der Waals surface area contributed by atoms with Crippen molar-refractivity contribution in [3.05, 3.63) is 0 Å². The summed E-state index contributed by atoms with van der Waals surface area (Å²) in [6.07, 6.45) is 1.90. The van der Waals surface area contributed by atoms with Gasteiger partial charge in [-0.15, -0.1) is 0 Å². The largest absolute Gasteiger partial charge is 0.396 e. The number of hydrogen-bond acceptors (Lipinski definition) is 19. The third-order valence-corrected chi connectivity index (χ3v) is 9.44. The molecule has 0 heterocycles. The first-order valence-electron chi connectivity index (χ1n) is 21.1. The van der Waals surface area contributed by atoms with E-state index in [0.29, 0.717) is 19.3 Å². The summed E-state index contributed by atoms with van der Waals surface area (Å²) >= 11 is 0. The maximum atomic E-state index is 12.8. The van der Waals surface area contributed by atoms with Crippen molar-refractivity contribution in [1.29, 1.82) is 0 Å². The van der Waals surface area contributed by atoms with Gasteiger partial charge < -0.3 is 94.2 Å². The van der Waals surface area contributed by atoms with Gasteiger partial charge in [-0.1, -0.05) is 20.3 Å². The molecule has 0 unspecified atom stereocenters. The summed E-state index contributed by atoms with van der Waals surface area (Å²) in [5, 5.41) is 90.2. The molecule has 0 aromatic rings. The maximum absolute atomic E-state index is 12.8. The molecular formula is C38H65N11O19. The lowest BCUT2D eigenvalue weighted by Gasteiger charge is -2.22. The van der Waals surface area contributed by atoms with E-state index in [-0.39, 0.29) is 18.2 Å². The molecule has 0 saturated heterocycles. The second-order valence-corrected chi connectivity index (χ2v) is 15.0. The van der Waals surface area contributed by atoms with Crippen molar-refractivity contribution >= 4 is 70.8 Å². The number of carbonyl (C=O) groups is 12. The first kappa shape index (κ1) is 61.6. The van der Waals surface area contributed by atoms with E-state index < -0.39 is 180 Å². The first-order chi connectivity index (χ1) is 32.1. The minimum Gasteiger partial charge on any atom is -0.396 e. The van der Waals surface area contributed by atoms with Crippen LogP contribution in [0.15, 0.2) is 0 Å². The monoisotopic (exact) mass is 979 g/mol. The van der Waals surface area contributed by atoms with Crippen molar-refractivity contribution < 1.29 is 93.3 Å². The maximum Gasteiger partial charge on any atom is 0.245 e. The number of ketones is 1. The van der Waals surface area contributed by atoms with Crippen LogP contribution in [0.1, 0.15) is 40.0 Å². The number of amides is 11. The van der Waals surface area contributed by atoms with E-state index in [1.54, 1.807) is 6.92 Å². The molecule has 0 aromatic carbocycles. The minimum absolute atomic E-state index is 0.0536. The number of hydrogen-bond donors (Lipinski definition) is 18. The Hall–Kier alpha value is -6.44. The second kappa shape index (κ2) is 33.9. The summed E-state index contributed by atoms with van der Waals surface area (Å²) in [5.74, 6) is -12.2. The average molecular weight is 980 g/mol. The highest BCUT2D eigenvalue weighted by Crippen LogP contribution is 2.08. The van der Waals surface area contributed by atoms with Crippen molar-refractivity contribution in [2.24, 2.45) is 11.8 Å². The molecule has 0 aromatic heterocycles. The van der Waals surface area contributed by atoms with Gasteiger partial charge in [-0.25, -0.2) is 0 Å². The van der Waals surface area contributed by atoms with Crippen molar-refractivity contribution in [3.63, 3.8) is 0 Å². The summed E-state index contributed by atoms with van der Waals surface area (Å²) < 4.78 is 0. The van der Waals surface area contributed by atoms with Gasteiger partial charge in [-0.05, 0) is 19.8 Å². The first-order valence-corrected chi connectivity index (χ1v) is 21.1. The van der Waals surface area contributed by atoms with Crippen molar-refractivity contribution in [3.8, 4) is 0 Å². The fourth-order valence-corrected chi connectivity index (χ4v) is 5.08. The lowest BCUT2D eigenvalue weighted by molar-refractivity contribution is -0.135. The van der Waals surface area contributed by atoms with E-state index in [4.69, 9.17) is 5.11 Å². The molecular weight excluding hydrogens is 914 g/mol. The summed E-state index contributed by atoms with van der Waals surface area (Å²) in [5.41, 5.74) is 0. The fraction of sp³-hybridized carbons (Fsp3) is 0.684. The molecule has 0 fully saturated rings. The molecule has 386 valence electrons. The highest BCUT2D eigenvalue weighted by molar-refractivity contribution is 5.97. The van der Waals surface area contributed by atoms with E-state index in [1.807, 2.05) is 31.9 Å². The Morgan fingerprint density at radius 2 is 0.632 bits per heavy atom. The van der Waals surface area contributed by atoms with Crippen molar-refractivity contribution in [1.82, 2.24) is 58.5 Å². The normalized spacial score (nSPS) is 14.3. The second-order valence-electron chi connectivity index (χ2n) is 15.0. The van der Waals surface area contributed by atoms with Crippen molar-refractivity contribution in [2.75, 3.05) is 79.0 Å². The lowest BCUT2D eigenvalue weighted by Crippen LogP contribution is -2.59. The molecule has 0 aliphatic heterocycles. The number of carbonyl (C=O) groups excluding carboxylic acids is 12. The smallest absolute Gasteiger partial charge is 0.245 e. The summed E-state index contributed by atoms with van der Waals surface area (Å²) in [6, 6.07) is -10.4. The standard InChI is InChI=1S/C38H65N11O19/c1-19(21(3)57)6-4-5-7-39-28(58)8-41-33(63)22(13-51)47-37(67)26(17-55)45-30(60)10-43-35(65)24(15-53)49-38(68)27(18-56)46-31(61)11-42-34(64)23(14-52)48-36(66)25(16-54)44-29(59)9-40-32(62)20(2)12-50/h19-20,22-27,50-56H,4-18H2,1-3H3,(H,39,58)(H,40,62)(H,41,63)(H,42,64)(H,43,65)(H,44,59)(H,45,60)(H,46,61)(H,47,67)(H,48,66)(H,49,68)/t19-,20-,22-,23-,24-,25-,26-,27-/m0/s1. The Morgan fingerprint density at radius 1 is 0.338 bits per heavy atom. The van der Waals surface area contributed by atoms with Gasteiger partial charge in [0.1, 0.15) is 42.0 Å². The Bertz CT molecular complexity index is 1740. The van der Waals surface area contributed by atoms with Crippen LogP contribution in [-0.4, -0.2) is 222 Å². The summed E-state index contributed by atoms with van der Waals surface area (Å²) in [7, 11) is 0. The van der Waals surface area contributed by atoms with E-state index >= 15 is 0 Å². The van der Waals surface area contributed by atoms with Crippen LogP contribution in [0.3, 0.4) is 0 Å². The molecule has 0 spiro atoms. The molecule has 18 N–H and O–H groups in total. The summed E-state index contributed by atoms with van der Waals surface area (Å²) in [4.78, 5) is 148. The Balaban J connectivity index is 5.02. The number of aliphatic hydroxyl groups excluding tert-OH is 7. The summed E-state index contributed by atoms with van der Waals surface area (Å²) in [6.45, 7) is -4.77. The Labute approximate surface area is 389 Å². The molecule has 68 heavy (non-hydrogen) atoms. The van der Waals surface area contributed by atoms with Crippen molar-refractivity contribution in [2.45, 2.75) is 76.3 Å².